The molecular formula is C19H14ClN3O3. The number of imide groups is 1. The van der Waals surface area contributed by atoms with Gasteiger partial charge in [-0.25, -0.2) is 4.79 Å². The first-order valence-electron chi connectivity index (χ1n) is 8.10. The number of rotatable bonds is 2. The number of ether oxygens (including phenoxy) is 1. The molecule has 26 heavy (non-hydrogen) atoms. The van der Waals surface area contributed by atoms with Crippen molar-refractivity contribution in [1.82, 2.24) is 10.2 Å². The summed E-state index contributed by atoms with van der Waals surface area (Å²) in [7, 11) is 0. The first-order chi connectivity index (χ1) is 12.5. The topological polar surface area (TPSA) is 82.4 Å². The van der Waals surface area contributed by atoms with Crippen LogP contribution in [0.1, 0.15) is 23.1 Å². The van der Waals surface area contributed by atoms with Crippen LogP contribution in [0.4, 0.5) is 4.79 Å². The van der Waals surface area contributed by atoms with Crippen LogP contribution in [0.5, 0.6) is 5.75 Å². The fraction of sp³-hybridized carbons (Fsp3) is 0.211. The average molecular weight is 368 g/mol. The van der Waals surface area contributed by atoms with Crippen molar-refractivity contribution < 1.29 is 14.3 Å². The summed E-state index contributed by atoms with van der Waals surface area (Å²) in [5.74, 6) is 0.282. The molecule has 0 bridgehead atoms. The molecule has 1 N–H and O–H groups in total. The number of nitriles is 1. The highest BCUT2D eigenvalue weighted by molar-refractivity contribution is 6.31. The number of nitrogens with zero attached hydrogens (tertiary/aromatic N) is 2. The molecule has 1 fully saturated rings. The van der Waals surface area contributed by atoms with Gasteiger partial charge < -0.3 is 10.1 Å². The third-order valence-electron chi connectivity index (χ3n) is 4.77. The molecule has 0 saturated carbocycles. The molecule has 1 unspecified atom stereocenters. The first kappa shape index (κ1) is 16.4. The maximum absolute atomic E-state index is 13.2. The van der Waals surface area contributed by atoms with Crippen molar-refractivity contribution in [2.24, 2.45) is 0 Å². The monoisotopic (exact) mass is 367 g/mol. The smallest absolute Gasteiger partial charge is 0.325 e. The molecule has 0 radical (unpaired) electrons. The second-order valence-electron chi connectivity index (χ2n) is 6.24. The van der Waals surface area contributed by atoms with Crippen molar-refractivity contribution >= 4 is 23.5 Å². The minimum Gasteiger partial charge on any atom is -0.493 e. The third-order valence-corrected chi connectivity index (χ3v) is 5.12. The van der Waals surface area contributed by atoms with Gasteiger partial charge in [-0.1, -0.05) is 35.9 Å². The van der Waals surface area contributed by atoms with E-state index in [1.54, 1.807) is 24.3 Å². The van der Waals surface area contributed by atoms with E-state index in [1.807, 2.05) is 18.2 Å². The Balaban J connectivity index is 1.68. The third kappa shape index (κ3) is 2.40. The molecule has 4 rings (SSSR count). The van der Waals surface area contributed by atoms with E-state index < -0.39 is 11.6 Å². The van der Waals surface area contributed by atoms with Crippen molar-refractivity contribution in [1.29, 1.82) is 5.26 Å². The number of urea groups is 1. The van der Waals surface area contributed by atoms with Crippen molar-refractivity contribution in [2.45, 2.75) is 18.5 Å². The van der Waals surface area contributed by atoms with Gasteiger partial charge in [0, 0.05) is 17.0 Å². The van der Waals surface area contributed by atoms with Gasteiger partial charge in [0.1, 0.15) is 5.75 Å². The van der Waals surface area contributed by atoms with Crippen LogP contribution in [0.2, 0.25) is 5.02 Å². The van der Waals surface area contributed by atoms with Crippen LogP contribution in [-0.2, 0) is 16.9 Å². The lowest BCUT2D eigenvalue weighted by molar-refractivity contribution is -0.133. The fourth-order valence-electron chi connectivity index (χ4n) is 3.43. The largest absolute Gasteiger partial charge is 0.493 e. The van der Waals surface area contributed by atoms with E-state index in [2.05, 4.69) is 5.32 Å². The van der Waals surface area contributed by atoms with Crippen LogP contribution >= 0.6 is 11.6 Å². The molecule has 0 aromatic heterocycles. The van der Waals surface area contributed by atoms with Crippen LogP contribution < -0.4 is 10.1 Å². The number of nitrogens with one attached hydrogen (secondary N) is 1. The molecule has 130 valence electrons. The maximum Gasteiger partial charge on any atom is 0.325 e. The Morgan fingerprint density at radius 3 is 2.85 bits per heavy atom. The highest BCUT2D eigenvalue weighted by Crippen LogP contribution is 2.41. The van der Waals surface area contributed by atoms with Gasteiger partial charge >= 0.3 is 6.03 Å². The average Bonchev–Trinajstić information content (AvgIpc) is 2.88. The van der Waals surface area contributed by atoms with E-state index in [-0.39, 0.29) is 12.5 Å². The summed E-state index contributed by atoms with van der Waals surface area (Å²) >= 11 is 6.20. The predicted octanol–water partition coefficient (Wildman–Crippen LogP) is 2.94. The zero-order valence-corrected chi connectivity index (χ0v) is 14.4. The number of fused-ring (bicyclic) bond motifs is 2. The number of hydrogen-bond acceptors (Lipinski definition) is 4. The normalized spacial score (nSPS) is 21.2. The van der Waals surface area contributed by atoms with Crippen molar-refractivity contribution in [2.75, 3.05) is 6.61 Å². The second kappa shape index (κ2) is 6.04. The summed E-state index contributed by atoms with van der Waals surface area (Å²) in [6.45, 7) is 0.383. The Labute approximate surface area is 154 Å². The minimum atomic E-state index is -1.11. The standard InChI is InChI=1S/C19H14ClN3O3/c20-15-9-12(10-21)5-6-13(15)11-23-17(24)19(22-18(23)25)7-8-26-16-4-2-1-3-14(16)19/h1-6,9H,7-8,11H2,(H,22,25). The number of amides is 3. The molecule has 7 heteroatoms. The van der Waals surface area contributed by atoms with Crippen LogP contribution in [0, 0.1) is 11.3 Å². The molecule has 2 heterocycles. The molecule has 2 aliphatic heterocycles. The number of para-hydroxylation sites is 1. The van der Waals surface area contributed by atoms with Gasteiger partial charge in [-0.2, -0.15) is 5.26 Å². The summed E-state index contributed by atoms with van der Waals surface area (Å²) in [6.07, 6.45) is 0.367. The van der Waals surface area contributed by atoms with Crippen molar-refractivity contribution in [3.8, 4) is 11.8 Å². The van der Waals surface area contributed by atoms with Crippen LogP contribution in [-0.4, -0.2) is 23.4 Å². The first-order valence-corrected chi connectivity index (χ1v) is 8.48. The molecule has 0 aliphatic carbocycles. The van der Waals surface area contributed by atoms with E-state index in [1.165, 1.54) is 6.07 Å². The van der Waals surface area contributed by atoms with Gasteiger partial charge in [0.25, 0.3) is 5.91 Å². The summed E-state index contributed by atoms with van der Waals surface area (Å²) in [6, 6.07) is 13.6. The zero-order valence-electron chi connectivity index (χ0n) is 13.7. The molecule has 2 aromatic carbocycles. The Morgan fingerprint density at radius 2 is 2.08 bits per heavy atom. The number of hydrogen-bond donors (Lipinski definition) is 1. The molecule has 1 saturated heterocycles. The lowest BCUT2D eigenvalue weighted by Gasteiger charge is -2.33. The Kier molecular flexibility index (Phi) is 3.82. The van der Waals surface area contributed by atoms with Crippen LogP contribution in [0.15, 0.2) is 42.5 Å². The van der Waals surface area contributed by atoms with E-state index in [0.717, 1.165) is 4.90 Å². The minimum absolute atomic E-state index is 0.0416. The molecule has 1 atom stereocenters. The van der Waals surface area contributed by atoms with Gasteiger partial charge in [0.2, 0.25) is 0 Å². The van der Waals surface area contributed by atoms with E-state index in [0.29, 0.717) is 40.5 Å². The van der Waals surface area contributed by atoms with E-state index >= 15 is 0 Å². The fourth-order valence-corrected chi connectivity index (χ4v) is 3.67. The van der Waals surface area contributed by atoms with Crippen LogP contribution in [0.3, 0.4) is 0 Å². The maximum atomic E-state index is 13.2. The number of carbonyl (C=O) groups excluding carboxylic acids is 2. The van der Waals surface area contributed by atoms with Crippen molar-refractivity contribution in [3.63, 3.8) is 0 Å². The quantitative estimate of drug-likeness (QED) is 0.827. The lowest BCUT2D eigenvalue weighted by atomic mass is 9.84. The number of carbonyl (C=O) groups is 2. The summed E-state index contributed by atoms with van der Waals surface area (Å²) in [4.78, 5) is 26.9. The van der Waals surface area contributed by atoms with Gasteiger partial charge in [-0.3, -0.25) is 9.69 Å². The number of halogens is 1. The molecular weight excluding hydrogens is 354 g/mol. The lowest BCUT2D eigenvalue weighted by Crippen LogP contribution is -2.47. The van der Waals surface area contributed by atoms with Gasteiger partial charge in [-0.05, 0) is 23.8 Å². The summed E-state index contributed by atoms with van der Waals surface area (Å²) in [5, 5.41) is 12.1. The zero-order chi connectivity index (χ0) is 18.3. The molecule has 2 aromatic rings. The summed E-state index contributed by atoms with van der Waals surface area (Å²) in [5.41, 5.74) is 0.584. The second-order valence-corrected chi connectivity index (χ2v) is 6.65. The van der Waals surface area contributed by atoms with Gasteiger partial charge in [0.05, 0.1) is 24.8 Å². The molecule has 2 aliphatic rings. The van der Waals surface area contributed by atoms with E-state index in [9.17, 15) is 9.59 Å². The van der Waals surface area contributed by atoms with Crippen LogP contribution in [0.25, 0.3) is 0 Å². The summed E-state index contributed by atoms with van der Waals surface area (Å²) < 4.78 is 5.62. The predicted molar refractivity (Wildman–Crippen MR) is 93.5 cm³/mol. The van der Waals surface area contributed by atoms with Crippen molar-refractivity contribution in [3.05, 3.63) is 64.2 Å². The molecule has 1 spiro atoms. The molecule has 6 nitrogen and oxygen atoms in total. The SMILES string of the molecule is N#Cc1ccc(CN2C(=O)NC3(CCOc4ccccc43)C2=O)c(Cl)c1. The number of benzene rings is 2. The Hall–Kier alpha value is -3.04. The van der Waals surface area contributed by atoms with Gasteiger partial charge in [-0.15, -0.1) is 0 Å². The van der Waals surface area contributed by atoms with E-state index in [4.69, 9.17) is 21.6 Å². The Morgan fingerprint density at radius 1 is 1.27 bits per heavy atom. The highest BCUT2D eigenvalue weighted by Gasteiger charge is 2.54. The highest BCUT2D eigenvalue weighted by atomic mass is 35.5. The molecule has 3 amide bonds. The van der Waals surface area contributed by atoms with Gasteiger partial charge in [0.15, 0.2) is 5.54 Å². The Bertz CT molecular complexity index is 969.